The summed E-state index contributed by atoms with van der Waals surface area (Å²) >= 11 is 0. The standard InChI is InChI=1S/C15H19N3O/c1-10-5-4-6-11(9-10)19-14-12-7-2-3-8-13(12)17-15(16)18-14/h2-3,7-8,10-11H,4-6,9H2,1H3,(H2,16,17,18). The van der Waals surface area contributed by atoms with Crippen molar-refractivity contribution < 1.29 is 4.74 Å². The zero-order valence-corrected chi connectivity index (χ0v) is 11.2. The summed E-state index contributed by atoms with van der Waals surface area (Å²) in [5.74, 6) is 1.63. The number of nitrogen functional groups attached to an aromatic ring is 1. The van der Waals surface area contributed by atoms with Crippen LogP contribution in [-0.4, -0.2) is 16.1 Å². The summed E-state index contributed by atoms with van der Waals surface area (Å²) in [4.78, 5) is 8.50. The molecule has 100 valence electrons. The highest BCUT2D eigenvalue weighted by atomic mass is 16.5. The third kappa shape index (κ3) is 2.62. The van der Waals surface area contributed by atoms with E-state index in [0.29, 0.717) is 5.88 Å². The molecule has 0 spiro atoms. The first-order chi connectivity index (χ1) is 9.22. The number of benzene rings is 1. The van der Waals surface area contributed by atoms with Gasteiger partial charge in [0.05, 0.1) is 10.9 Å². The molecule has 4 heteroatoms. The molecule has 0 saturated heterocycles. The van der Waals surface area contributed by atoms with Gasteiger partial charge in [-0.25, -0.2) is 4.98 Å². The average Bonchev–Trinajstić information content (AvgIpc) is 2.38. The van der Waals surface area contributed by atoms with Crippen molar-refractivity contribution in [1.82, 2.24) is 9.97 Å². The lowest BCUT2D eigenvalue weighted by atomic mass is 9.89. The quantitative estimate of drug-likeness (QED) is 0.897. The predicted molar refractivity (Wildman–Crippen MR) is 76.0 cm³/mol. The van der Waals surface area contributed by atoms with E-state index in [1.165, 1.54) is 12.8 Å². The smallest absolute Gasteiger partial charge is 0.226 e. The third-order valence-electron chi connectivity index (χ3n) is 3.75. The molecule has 3 rings (SSSR count). The van der Waals surface area contributed by atoms with Crippen LogP contribution in [0.25, 0.3) is 10.9 Å². The molecule has 19 heavy (non-hydrogen) atoms. The second kappa shape index (κ2) is 5.03. The van der Waals surface area contributed by atoms with Gasteiger partial charge in [-0.3, -0.25) is 0 Å². The van der Waals surface area contributed by atoms with E-state index in [0.717, 1.165) is 29.7 Å². The van der Waals surface area contributed by atoms with Crippen LogP contribution in [0.3, 0.4) is 0 Å². The van der Waals surface area contributed by atoms with Crippen molar-refractivity contribution >= 4 is 16.9 Å². The van der Waals surface area contributed by atoms with Crippen LogP contribution >= 0.6 is 0 Å². The fraction of sp³-hybridized carbons (Fsp3) is 0.467. The molecule has 4 nitrogen and oxygen atoms in total. The number of para-hydroxylation sites is 1. The Morgan fingerprint density at radius 2 is 2.05 bits per heavy atom. The van der Waals surface area contributed by atoms with Crippen LogP contribution in [0.15, 0.2) is 24.3 Å². The number of fused-ring (bicyclic) bond motifs is 1. The molecule has 1 aromatic carbocycles. The highest BCUT2D eigenvalue weighted by Gasteiger charge is 2.21. The molecule has 1 fully saturated rings. The Morgan fingerprint density at radius 1 is 1.21 bits per heavy atom. The van der Waals surface area contributed by atoms with Crippen molar-refractivity contribution in [3.8, 4) is 5.88 Å². The molecule has 1 saturated carbocycles. The van der Waals surface area contributed by atoms with Crippen LogP contribution in [0.1, 0.15) is 32.6 Å². The van der Waals surface area contributed by atoms with E-state index in [1.807, 2.05) is 24.3 Å². The fourth-order valence-electron chi connectivity index (χ4n) is 2.80. The minimum absolute atomic E-state index is 0.251. The molecule has 0 bridgehead atoms. The summed E-state index contributed by atoms with van der Waals surface area (Å²) < 4.78 is 6.09. The van der Waals surface area contributed by atoms with E-state index in [1.54, 1.807) is 0 Å². The van der Waals surface area contributed by atoms with Crippen molar-refractivity contribution in [3.63, 3.8) is 0 Å². The second-order valence-corrected chi connectivity index (χ2v) is 5.42. The monoisotopic (exact) mass is 257 g/mol. The zero-order valence-electron chi connectivity index (χ0n) is 11.2. The first kappa shape index (κ1) is 12.2. The summed E-state index contributed by atoms with van der Waals surface area (Å²) in [6, 6.07) is 7.83. The van der Waals surface area contributed by atoms with Gasteiger partial charge in [0.2, 0.25) is 11.8 Å². The van der Waals surface area contributed by atoms with Gasteiger partial charge in [-0.1, -0.05) is 25.5 Å². The third-order valence-corrected chi connectivity index (χ3v) is 3.75. The summed E-state index contributed by atoms with van der Waals surface area (Å²) in [5, 5.41) is 0.940. The maximum Gasteiger partial charge on any atom is 0.226 e. The molecule has 1 aliphatic carbocycles. The lowest BCUT2D eigenvalue weighted by molar-refractivity contribution is 0.126. The van der Waals surface area contributed by atoms with Gasteiger partial charge in [-0.05, 0) is 37.3 Å². The van der Waals surface area contributed by atoms with Gasteiger partial charge in [0.1, 0.15) is 6.10 Å². The van der Waals surface area contributed by atoms with Crippen LogP contribution in [0.4, 0.5) is 5.95 Å². The first-order valence-corrected chi connectivity index (χ1v) is 6.91. The van der Waals surface area contributed by atoms with E-state index in [9.17, 15) is 0 Å². The molecular formula is C15H19N3O. The Bertz CT molecular complexity index is 585. The van der Waals surface area contributed by atoms with E-state index >= 15 is 0 Å². The van der Waals surface area contributed by atoms with Gasteiger partial charge in [-0.2, -0.15) is 4.98 Å². The Labute approximate surface area is 113 Å². The van der Waals surface area contributed by atoms with Crippen LogP contribution < -0.4 is 10.5 Å². The Kier molecular flexibility index (Phi) is 3.23. The van der Waals surface area contributed by atoms with Crippen molar-refractivity contribution in [1.29, 1.82) is 0 Å². The number of hydrogen-bond donors (Lipinski definition) is 1. The Balaban J connectivity index is 1.91. The van der Waals surface area contributed by atoms with Gasteiger partial charge < -0.3 is 10.5 Å². The van der Waals surface area contributed by atoms with Crippen LogP contribution in [0.5, 0.6) is 5.88 Å². The molecule has 0 aliphatic heterocycles. The van der Waals surface area contributed by atoms with E-state index < -0.39 is 0 Å². The number of aromatic nitrogens is 2. The van der Waals surface area contributed by atoms with Gasteiger partial charge in [0.15, 0.2) is 0 Å². The van der Waals surface area contributed by atoms with E-state index in [-0.39, 0.29) is 12.1 Å². The first-order valence-electron chi connectivity index (χ1n) is 6.91. The molecule has 2 atom stereocenters. The lowest BCUT2D eigenvalue weighted by Gasteiger charge is -2.27. The van der Waals surface area contributed by atoms with E-state index in [4.69, 9.17) is 10.5 Å². The molecule has 1 aliphatic rings. The number of nitrogens with zero attached hydrogens (tertiary/aromatic N) is 2. The van der Waals surface area contributed by atoms with Crippen LogP contribution in [0.2, 0.25) is 0 Å². The average molecular weight is 257 g/mol. The molecule has 0 amide bonds. The van der Waals surface area contributed by atoms with Crippen LogP contribution in [-0.2, 0) is 0 Å². The SMILES string of the molecule is CC1CCCC(Oc2nc(N)nc3ccccc23)C1. The molecular weight excluding hydrogens is 238 g/mol. The Hall–Kier alpha value is -1.84. The molecule has 2 aromatic rings. The summed E-state index contributed by atoms with van der Waals surface area (Å²) in [6.45, 7) is 2.28. The highest BCUT2D eigenvalue weighted by Crippen LogP contribution is 2.30. The maximum atomic E-state index is 6.09. The number of rotatable bonds is 2. The minimum atomic E-state index is 0.251. The number of hydrogen-bond acceptors (Lipinski definition) is 4. The van der Waals surface area contributed by atoms with E-state index in [2.05, 4.69) is 16.9 Å². The summed E-state index contributed by atoms with van der Waals surface area (Å²) in [7, 11) is 0. The number of ether oxygens (including phenoxy) is 1. The largest absolute Gasteiger partial charge is 0.474 e. The van der Waals surface area contributed by atoms with Crippen LogP contribution in [0, 0.1) is 5.92 Å². The number of nitrogens with two attached hydrogens (primary N) is 1. The van der Waals surface area contributed by atoms with Crippen molar-refractivity contribution in [3.05, 3.63) is 24.3 Å². The molecule has 2 unspecified atom stereocenters. The normalized spacial score (nSPS) is 23.4. The topological polar surface area (TPSA) is 61.0 Å². The minimum Gasteiger partial charge on any atom is -0.474 e. The molecule has 2 N–H and O–H groups in total. The van der Waals surface area contributed by atoms with Crippen molar-refractivity contribution in [2.45, 2.75) is 38.7 Å². The highest BCUT2D eigenvalue weighted by molar-refractivity contribution is 5.84. The predicted octanol–water partition coefficient (Wildman–Crippen LogP) is 3.17. The molecule has 1 aromatic heterocycles. The van der Waals surface area contributed by atoms with Gasteiger partial charge >= 0.3 is 0 Å². The molecule has 0 radical (unpaired) electrons. The zero-order chi connectivity index (χ0) is 13.2. The van der Waals surface area contributed by atoms with Gasteiger partial charge in [0, 0.05) is 0 Å². The molecule has 1 heterocycles. The summed E-state index contributed by atoms with van der Waals surface area (Å²) in [5.41, 5.74) is 6.60. The van der Waals surface area contributed by atoms with Crippen molar-refractivity contribution in [2.24, 2.45) is 5.92 Å². The van der Waals surface area contributed by atoms with Gasteiger partial charge in [0.25, 0.3) is 0 Å². The van der Waals surface area contributed by atoms with Gasteiger partial charge in [-0.15, -0.1) is 0 Å². The maximum absolute atomic E-state index is 6.09. The second-order valence-electron chi connectivity index (χ2n) is 5.42. The van der Waals surface area contributed by atoms with Crippen molar-refractivity contribution in [2.75, 3.05) is 5.73 Å². The Morgan fingerprint density at radius 3 is 2.89 bits per heavy atom. The summed E-state index contributed by atoms with van der Waals surface area (Å²) in [6.07, 6.45) is 4.97. The fourth-order valence-corrected chi connectivity index (χ4v) is 2.80. The lowest BCUT2D eigenvalue weighted by Crippen LogP contribution is -2.24. The number of anilines is 1.